The number of likely N-dealkylation sites (tertiary alicyclic amines) is 1. The molecule has 5 heteroatoms. The van der Waals surface area contributed by atoms with Crippen LogP contribution in [-0.2, 0) is 10.0 Å². The SMILES string of the molecule is Cc1ccc(S(=O)(=O)NC[C@H](c2ccccc2)[NH+]2CCCCC2)cc1. The zero-order chi connectivity index (χ0) is 17.7. The molecule has 1 aliphatic rings. The molecule has 3 rings (SSSR count). The van der Waals surface area contributed by atoms with E-state index in [4.69, 9.17) is 0 Å². The molecule has 2 aromatic rings. The molecule has 0 amide bonds. The number of piperidine rings is 1. The van der Waals surface area contributed by atoms with E-state index >= 15 is 0 Å². The first-order valence-electron chi connectivity index (χ1n) is 9.02. The van der Waals surface area contributed by atoms with E-state index in [1.165, 1.54) is 29.7 Å². The number of nitrogens with one attached hydrogen (secondary N) is 2. The molecule has 0 bridgehead atoms. The standard InChI is InChI=1S/C20H26N2O2S/c1-17-10-12-19(13-11-17)25(23,24)21-16-20(18-8-4-2-5-9-18)22-14-6-3-7-15-22/h2,4-5,8-13,20-21H,3,6-7,14-16H2,1H3/p+1/t20-/m1/s1. The molecule has 0 aliphatic carbocycles. The second-order valence-electron chi connectivity index (χ2n) is 6.85. The van der Waals surface area contributed by atoms with Crippen LogP contribution < -0.4 is 9.62 Å². The Kier molecular flexibility index (Phi) is 5.89. The van der Waals surface area contributed by atoms with Crippen LogP contribution in [0.2, 0.25) is 0 Å². The summed E-state index contributed by atoms with van der Waals surface area (Å²) in [7, 11) is -3.48. The largest absolute Gasteiger partial charge is 0.328 e. The van der Waals surface area contributed by atoms with Gasteiger partial charge >= 0.3 is 0 Å². The fraction of sp³-hybridized carbons (Fsp3) is 0.400. The Balaban J connectivity index is 1.77. The minimum absolute atomic E-state index is 0.154. The van der Waals surface area contributed by atoms with Crippen molar-refractivity contribution in [2.24, 2.45) is 0 Å². The number of aryl methyl sites for hydroxylation is 1. The highest BCUT2D eigenvalue weighted by Crippen LogP contribution is 2.14. The Bertz CT molecular complexity index is 767. The highest BCUT2D eigenvalue weighted by Gasteiger charge is 2.27. The number of rotatable bonds is 6. The molecule has 0 saturated carbocycles. The zero-order valence-electron chi connectivity index (χ0n) is 14.7. The van der Waals surface area contributed by atoms with Crippen molar-refractivity contribution in [2.45, 2.75) is 37.1 Å². The first kappa shape index (κ1) is 18.1. The summed E-state index contributed by atoms with van der Waals surface area (Å²) in [5.41, 5.74) is 2.25. The first-order chi connectivity index (χ1) is 12.1. The molecule has 1 atom stereocenters. The minimum Gasteiger partial charge on any atom is -0.328 e. The van der Waals surface area contributed by atoms with Crippen molar-refractivity contribution in [3.63, 3.8) is 0 Å². The number of hydrogen-bond donors (Lipinski definition) is 2. The first-order valence-corrected chi connectivity index (χ1v) is 10.5. The van der Waals surface area contributed by atoms with Crippen molar-refractivity contribution in [3.8, 4) is 0 Å². The van der Waals surface area contributed by atoms with Crippen LogP contribution in [0.5, 0.6) is 0 Å². The van der Waals surface area contributed by atoms with E-state index in [1.54, 1.807) is 12.1 Å². The van der Waals surface area contributed by atoms with Gasteiger partial charge in [0.25, 0.3) is 0 Å². The van der Waals surface area contributed by atoms with Crippen molar-refractivity contribution in [1.29, 1.82) is 0 Å². The number of benzene rings is 2. The van der Waals surface area contributed by atoms with E-state index in [2.05, 4.69) is 16.9 Å². The van der Waals surface area contributed by atoms with Gasteiger partial charge in [-0.2, -0.15) is 0 Å². The molecule has 0 unspecified atom stereocenters. The molecule has 1 saturated heterocycles. The molecule has 2 aromatic carbocycles. The molecule has 25 heavy (non-hydrogen) atoms. The Morgan fingerprint density at radius 2 is 1.60 bits per heavy atom. The van der Waals surface area contributed by atoms with Gasteiger partial charge < -0.3 is 4.90 Å². The summed E-state index contributed by atoms with van der Waals surface area (Å²) in [5, 5.41) is 0. The third kappa shape index (κ3) is 4.69. The lowest BCUT2D eigenvalue weighted by Crippen LogP contribution is -3.13. The van der Waals surface area contributed by atoms with Crippen LogP contribution in [-0.4, -0.2) is 28.1 Å². The van der Waals surface area contributed by atoms with Crippen molar-refractivity contribution in [1.82, 2.24) is 4.72 Å². The summed E-state index contributed by atoms with van der Waals surface area (Å²) in [5.74, 6) is 0. The van der Waals surface area contributed by atoms with Crippen LogP contribution in [0.15, 0.2) is 59.5 Å². The maximum Gasteiger partial charge on any atom is 0.240 e. The van der Waals surface area contributed by atoms with Gasteiger partial charge in [0.1, 0.15) is 6.04 Å². The molecule has 134 valence electrons. The van der Waals surface area contributed by atoms with Crippen molar-refractivity contribution >= 4 is 10.0 Å². The molecule has 0 spiro atoms. The highest BCUT2D eigenvalue weighted by molar-refractivity contribution is 7.89. The number of hydrogen-bond acceptors (Lipinski definition) is 2. The third-order valence-electron chi connectivity index (χ3n) is 5.00. The summed E-state index contributed by atoms with van der Waals surface area (Å²) >= 11 is 0. The second-order valence-corrected chi connectivity index (χ2v) is 8.61. The molecule has 0 aromatic heterocycles. The lowest BCUT2D eigenvalue weighted by atomic mass is 10.0. The molecular weight excluding hydrogens is 332 g/mol. The van der Waals surface area contributed by atoms with Crippen molar-refractivity contribution in [2.75, 3.05) is 19.6 Å². The zero-order valence-corrected chi connectivity index (χ0v) is 15.6. The Hall–Kier alpha value is -1.69. The molecule has 1 heterocycles. The Morgan fingerprint density at radius 3 is 2.24 bits per heavy atom. The van der Waals surface area contributed by atoms with Crippen LogP contribution in [0.3, 0.4) is 0 Å². The van der Waals surface area contributed by atoms with Gasteiger partial charge in [-0.15, -0.1) is 0 Å². The lowest BCUT2D eigenvalue weighted by Gasteiger charge is -2.32. The van der Waals surface area contributed by atoms with E-state index in [-0.39, 0.29) is 6.04 Å². The van der Waals surface area contributed by atoms with E-state index in [0.717, 1.165) is 18.7 Å². The summed E-state index contributed by atoms with van der Waals surface area (Å²) < 4.78 is 28.1. The van der Waals surface area contributed by atoms with E-state index in [0.29, 0.717) is 11.4 Å². The Labute approximate surface area is 150 Å². The maximum atomic E-state index is 12.6. The molecule has 1 aliphatic heterocycles. The second kappa shape index (κ2) is 8.13. The molecule has 0 radical (unpaired) electrons. The minimum atomic E-state index is -3.48. The summed E-state index contributed by atoms with van der Waals surface area (Å²) in [4.78, 5) is 1.81. The fourth-order valence-electron chi connectivity index (χ4n) is 3.53. The van der Waals surface area contributed by atoms with Crippen LogP contribution in [0.4, 0.5) is 0 Å². The summed E-state index contributed by atoms with van der Waals surface area (Å²) in [6, 6.07) is 17.4. The van der Waals surface area contributed by atoms with Gasteiger partial charge in [-0.25, -0.2) is 13.1 Å². The predicted molar refractivity (Wildman–Crippen MR) is 100 cm³/mol. The monoisotopic (exact) mass is 359 g/mol. The van der Waals surface area contributed by atoms with Gasteiger partial charge in [-0.05, 0) is 38.3 Å². The highest BCUT2D eigenvalue weighted by atomic mass is 32.2. The van der Waals surface area contributed by atoms with Crippen LogP contribution >= 0.6 is 0 Å². The van der Waals surface area contributed by atoms with E-state index in [1.807, 2.05) is 37.3 Å². The number of sulfonamides is 1. The van der Waals surface area contributed by atoms with Crippen molar-refractivity contribution < 1.29 is 13.3 Å². The lowest BCUT2D eigenvalue weighted by molar-refractivity contribution is -0.934. The Morgan fingerprint density at radius 1 is 0.960 bits per heavy atom. The quantitative estimate of drug-likeness (QED) is 0.830. The van der Waals surface area contributed by atoms with Gasteiger partial charge in [0.15, 0.2) is 0 Å². The predicted octanol–water partition coefficient (Wildman–Crippen LogP) is 2.08. The van der Waals surface area contributed by atoms with E-state index in [9.17, 15) is 8.42 Å². The van der Waals surface area contributed by atoms with Crippen LogP contribution in [0.25, 0.3) is 0 Å². The van der Waals surface area contributed by atoms with E-state index < -0.39 is 10.0 Å². The summed E-state index contributed by atoms with van der Waals surface area (Å²) in [6.07, 6.45) is 3.70. The van der Waals surface area contributed by atoms with Gasteiger partial charge in [0.05, 0.1) is 24.5 Å². The average molecular weight is 360 g/mol. The molecular formula is C20H27N2O2S+. The topological polar surface area (TPSA) is 50.6 Å². The average Bonchev–Trinajstić information content (AvgIpc) is 2.64. The summed E-state index contributed by atoms with van der Waals surface area (Å²) in [6.45, 7) is 4.59. The third-order valence-corrected chi connectivity index (χ3v) is 6.44. The molecule has 4 nitrogen and oxygen atoms in total. The van der Waals surface area contributed by atoms with Gasteiger partial charge in [-0.3, -0.25) is 0 Å². The molecule has 1 fully saturated rings. The molecule has 2 N–H and O–H groups in total. The van der Waals surface area contributed by atoms with Gasteiger partial charge in [0, 0.05) is 5.56 Å². The van der Waals surface area contributed by atoms with Gasteiger partial charge in [-0.1, -0.05) is 48.0 Å². The van der Waals surface area contributed by atoms with Crippen LogP contribution in [0, 0.1) is 6.92 Å². The van der Waals surface area contributed by atoms with Crippen molar-refractivity contribution in [3.05, 3.63) is 65.7 Å². The normalized spacial score (nSPS) is 17.3. The van der Waals surface area contributed by atoms with Gasteiger partial charge in [0.2, 0.25) is 10.0 Å². The number of quaternary nitrogens is 1. The maximum absolute atomic E-state index is 12.6. The van der Waals surface area contributed by atoms with Crippen LogP contribution in [0.1, 0.15) is 36.4 Å². The fourth-order valence-corrected chi connectivity index (χ4v) is 4.58. The smallest absolute Gasteiger partial charge is 0.240 e.